The third-order valence-corrected chi connectivity index (χ3v) is 3.89. The Kier molecular flexibility index (Phi) is 3.77. The van der Waals surface area contributed by atoms with E-state index >= 15 is 0 Å². The summed E-state index contributed by atoms with van der Waals surface area (Å²) in [5.41, 5.74) is 1.02. The molecule has 1 aromatic rings. The van der Waals surface area contributed by atoms with Crippen molar-refractivity contribution < 1.29 is 4.39 Å². The van der Waals surface area contributed by atoms with Crippen LogP contribution < -0.4 is 0 Å². The van der Waals surface area contributed by atoms with Crippen molar-refractivity contribution >= 4 is 0 Å². The molecule has 0 spiro atoms. The smallest absolute Gasteiger partial charge is 0.141 e. The van der Waals surface area contributed by atoms with Crippen LogP contribution in [0.5, 0.6) is 0 Å². The van der Waals surface area contributed by atoms with Gasteiger partial charge in [0.1, 0.15) is 5.82 Å². The molecule has 2 nitrogen and oxygen atoms in total. The highest BCUT2D eigenvalue weighted by atomic mass is 19.1. The van der Waals surface area contributed by atoms with Crippen molar-refractivity contribution in [3.63, 3.8) is 0 Å². The summed E-state index contributed by atoms with van der Waals surface area (Å²) in [4.78, 5) is 6.45. The maximum atomic E-state index is 13.2. The molecule has 0 aliphatic carbocycles. The van der Waals surface area contributed by atoms with E-state index in [9.17, 15) is 4.39 Å². The van der Waals surface area contributed by atoms with Crippen LogP contribution >= 0.6 is 0 Å². The van der Waals surface area contributed by atoms with Crippen LogP contribution in [-0.2, 0) is 0 Å². The van der Waals surface area contributed by atoms with Crippen LogP contribution in [0.3, 0.4) is 0 Å². The summed E-state index contributed by atoms with van der Waals surface area (Å²) >= 11 is 0. The van der Waals surface area contributed by atoms with Crippen molar-refractivity contribution in [2.45, 2.75) is 45.7 Å². The first-order valence-electron chi connectivity index (χ1n) is 6.46. The molecular formula is C14H21FN2. The Morgan fingerprint density at radius 1 is 1.35 bits per heavy atom. The molecule has 0 bridgehead atoms. The molecule has 0 aromatic carbocycles. The van der Waals surface area contributed by atoms with Crippen molar-refractivity contribution in [3.8, 4) is 0 Å². The monoisotopic (exact) mass is 236 g/mol. The van der Waals surface area contributed by atoms with Gasteiger partial charge in [-0.15, -0.1) is 0 Å². The van der Waals surface area contributed by atoms with Gasteiger partial charge in [0.05, 0.1) is 6.20 Å². The summed E-state index contributed by atoms with van der Waals surface area (Å²) in [5, 5.41) is 0. The number of pyridine rings is 1. The van der Waals surface area contributed by atoms with E-state index in [2.05, 4.69) is 30.7 Å². The van der Waals surface area contributed by atoms with Crippen LogP contribution in [0.1, 0.15) is 45.2 Å². The Morgan fingerprint density at radius 3 is 2.76 bits per heavy atom. The molecule has 0 saturated carbocycles. The van der Waals surface area contributed by atoms with E-state index in [4.69, 9.17) is 0 Å². The minimum absolute atomic E-state index is 0.230. The van der Waals surface area contributed by atoms with E-state index in [-0.39, 0.29) is 5.82 Å². The van der Waals surface area contributed by atoms with Crippen LogP contribution in [0, 0.1) is 11.7 Å². The van der Waals surface area contributed by atoms with Crippen LogP contribution in [0.15, 0.2) is 18.5 Å². The topological polar surface area (TPSA) is 16.1 Å². The Bertz CT molecular complexity index is 378. The fraction of sp³-hybridized carbons (Fsp3) is 0.643. The molecule has 17 heavy (non-hydrogen) atoms. The van der Waals surface area contributed by atoms with Crippen LogP contribution in [-0.4, -0.2) is 22.5 Å². The van der Waals surface area contributed by atoms with Gasteiger partial charge in [-0.1, -0.05) is 13.8 Å². The molecule has 1 aliphatic heterocycles. The summed E-state index contributed by atoms with van der Waals surface area (Å²) in [6, 6.07) is 2.50. The highest BCUT2D eigenvalue weighted by Gasteiger charge is 2.31. The predicted octanol–water partition coefficient (Wildman–Crippen LogP) is 3.40. The normalized spacial score (nSPS) is 23.2. The van der Waals surface area contributed by atoms with Crippen molar-refractivity contribution in [3.05, 3.63) is 29.8 Å². The summed E-state index contributed by atoms with van der Waals surface area (Å²) in [5.74, 6) is 0.392. The summed E-state index contributed by atoms with van der Waals surface area (Å²) in [6.45, 7) is 7.85. The molecular weight excluding hydrogens is 215 g/mol. The molecule has 94 valence electrons. The summed E-state index contributed by atoms with van der Waals surface area (Å²) in [7, 11) is 0. The van der Waals surface area contributed by atoms with E-state index in [0.717, 1.165) is 18.5 Å². The Hall–Kier alpha value is -0.960. The molecule has 0 N–H and O–H groups in total. The third kappa shape index (κ3) is 2.65. The van der Waals surface area contributed by atoms with Crippen LogP contribution in [0.4, 0.5) is 4.39 Å². The SMILES string of the molecule is CC(C)C(C)N1CCCC1c1cncc(F)c1. The van der Waals surface area contributed by atoms with Crippen molar-refractivity contribution in [2.75, 3.05) is 6.54 Å². The van der Waals surface area contributed by atoms with E-state index in [1.807, 2.05) is 0 Å². The van der Waals surface area contributed by atoms with Gasteiger partial charge in [0.25, 0.3) is 0 Å². The Labute approximate surface area is 103 Å². The third-order valence-electron chi connectivity index (χ3n) is 3.89. The van der Waals surface area contributed by atoms with Gasteiger partial charge in [0, 0.05) is 18.3 Å². The number of rotatable bonds is 3. The summed E-state index contributed by atoms with van der Waals surface area (Å²) < 4.78 is 13.2. The van der Waals surface area contributed by atoms with Crippen LogP contribution in [0.25, 0.3) is 0 Å². The fourth-order valence-corrected chi connectivity index (χ4v) is 2.63. The number of likely N-dealkylation sites (tertiary alicyclic amines) is 1. The lowest BCUT2D eigenvalue weighted by atomic mass is 10.0. The van der Waals surface area contributed by atoms with Crippen molar-refractivity contribution in [2.24, 2.45) is 5.92 Å². The van der Waals surface area contributed by atoms with Crippen molar-refractivity contribution in [1.29, 1.82) is 0 Å². The molecule has 3 heteroatoms. The number of aromatic nitrogens is 1. The standard InChI is InChI=1S/C14H21FN2/c1-10(2)11(3)17-6-4-5-14(17)12-7-13(15)9-16-8-12/h7-11,14H,4-6H2,1-3H3. The molecule has 1 fully saturated rings. The molecule has 1 saturated heterocycles. The van der Waals surface area contributed by atoms with E-state index in [0.29, 0.717) is 18.0 Å². The van der Waals surface area contributed by atoms with Crippen LogP contribution in [0.2, 0.25) is 0 Å². The second kappa shape index (κ2) is 5.13. The molecule has 1 aromatic heterocycles. The minimum atomic E-state index is -0.230. The molecule has 0 amide bonds. The van der Waals surface area contributed by atoms with E-state index in [1.54, 1.807) is 12.3 Å². The Morgan fingerprint density at radius 2 is 2.12 bits per heavy atom. The quantitative estimate of drug-likeness (QED) is 0.799. The van der Waals surface area contributed by atoms with Gasteiger partial charge in [-0.2, -0.15) is 0 Å². The van der Waals surface area contributed by atoms with Gasteiger partial charge in [-0.05, 0) is 43.9 Å². The maximum absolute atomic E-state index is 13.2. The molecule has 2 atom stereocenters. The van der Waals surface area contributed by atoms with Gasteiger partial charge in [0.2, 0.25) is 0 Å². The zero-order valence-electron chi connectivity index (χ0n) is 10.9. The Balaban J connectivity index is 2.20. The first-order valence-corrected chi connectivity index (χ1v) is 6.46. The van der Waals surface area contributed by atoms with Gasteiger partial charge in [0.15, 0.2) is 0 Å². The number of hydrogen-bond acceptors (Lipinski definition) is 2. The average molecular weight is 236 g/mol. The molecule has 2 unspecified atom stereocenters. The molecule has 2 heterocycles. The van der Waals surface area contributed by atoms with E-state index < -0.39 is 0 Å². The lowest BCUT2D eigenvalue weighted by molar-refractivity contribution is 0.153. The minimum Gasteiger partial charge on any atom is -0.293 e. The number of halogens is 1. The molecule has 1 aliphatic rings. The highest BCUT2D eigenvalue weighted by Crippen LogP contribution is 2.34. The second-order valence-corrected chi connectivity index (χ2v) is 5.32. The van der Waals surface area contributed by atoms with Gasteiger partial charge < -0.3 is 0 Å². The zero-order chi connectivity index (χ0) is 12.4. The lowest BCUT2D eigenvalue weighted by Crippen LogP contribution is -2.36. The molecule has 0 radical (unpaired) electrons. The van der Waals surface area contributed by atoms with Crippen molar-refractivity contribution in [1.82, 2.24) is 9.88 Å². The van der Waals surface area contributed by atoms with Gasteiger partial charge >= 0.3 is 0 Å². The molecule has 2 rings (SSSR count). The average Bonchev–Trinajstić information content (AvgIpc) is 2.76. The summed E-state index contributed by atoms with van der Waals surface area (Å²) in [6.07, 6.45) is 5.38. The zero-order valence-corrected chi connectivity index (χ0v) is 10.9. The fourth-order valence-electron chi connectivity index (χ4n) is 2.63. The lowest BCUT2D eigenvalue weighted by Gasteiger charge is -2.33. The van der Waals surface area contributed by atoms with Gasteiger partial charge in [-0.25, -0.2) is 4.39 Å². The maximum Gasteiger partial charge on any atom is 0.141 e. The number of nitrogens with zero attached hydrogens (tertiary/aromatic N) is 2. The van der Waals surface area contributed by atoms with Gasteiger partial charge in [-0.3, -0.25) is 9.88 Å². The highest BCUT2D eigenvalue weighted by molar-refractivity contribution is 5.17. The second-order valence-electron chi connectivity index (χ2n) is 5.32. The van der Waals surface area contributed by atoms with E-state index in [1.165, 1.54) is 12.6 Å². The first-order chi connectivity index (χ1) is 8.09. The largest absolute Gasteiger partial charge is 0.293 e. The predicted molar refractivity (Wildman–Crippen MR) is 67.2 cm³/mol. The first kappa shape index (κ1) is 12.5. The number of hydrogen-bond donors (Lipinski definition) is 0.